The first-order valence-corrected chi connectivity index (χ1v) is 6.99. The number of benzene rings is 1. The fraction of sp³-hybridized carbons (Fsp3) is 0.267. The number of hydrogen-bond donors (Lipinski definition) is 0. The number of amides is 1. The van der Waals surface area contributed by atoms with Gasteiger partial charge in [-0.05, 0) is 24.3 Å². The van der Waals surface area contributed by atoms with Crippen LogP contribution in [0.3, 0.4) is 0 Å². The second-order valence-corrected chi connectivity index (χ2v) is 4.98. The fourth-order valence-electron chi connectivity index (χ4n) is 1.94. The van der Waals surface area contributed by atoms with E-state index in [9.17, 15) is 28.1 Å². The molecule has 0 aliphatic carbocycles. The van der Waals surface area contributed by atoms with Crippen LogP contribution >= 0.6 is 0 Å². The van der Waals surface area contributed by atoms with Gasteiger partial charge < -0.3 is 14.1 Å². The van der Waals surface area contributed by atoms with Crippen molar-refractivity contribution < 1.29 is 32.0 Å². The van der Waals surface area contributed by atoms with Gasteiger partial charge in [-0.15, -0.1) is 0 Å². The summed E-state index contributed by atoms with van der Waals surface area (Å²) >= 11 is 0. The Morgan fingerprint density at radius 1 is 1.24 bits per heavy atom. The third kappa shape index (κ3) is 5.83. The van der Waals surface area contributed by atoms with Gasteiger partial charge in [0.2, 0.25) is 0 Å². The number of nitro benzene ring substituents is 1. The summed E-state index contributed by atoms with van der Waals surface area (Å²) in [5.74, 6) is -0.566. The molecule has 0 fully saturated rings. The van der Waals surface area contributed by atoms with Gasteiger partial charge >= 0.3 is 6.18 Å². The van der Waals surface area contributed by atoms with Gasteiger partial charge in [-0.1, -0.05) is 0 Å². The van der Waals surface area contributed by atoms with Crippen molar-refractivity contribution in [3.05, 3.63) is 58.5 Å². The molecule has 1 amide bonds. The summed E-state index contributed by atoms with van der Waals surface area (Å²) in [6, 6.07) is 7.79. The average molecular weight is 358 g/mol. The summed E-state index contributed by atoms with van der Waals surface area (Å²) in [5.41, 5.74) is -0.171. The highest BCUT2D eigenvalue weighted by Gasteiger charge is 2.33. The summed E-state index contributed by atoms with van der Waals surface area (Å²) in [5, 5.41) is 10.5. The van der Waals surface area contributed by atoms with Gasteiger partial charge in [0.05, 0.1) is 17.7 Å². The zero-order chi connectivity index (χ0) is 18.4. The largest absolute Gasteiger partial charge is 0.484 e. The van der Waals surface area contributed by atoms with Crippen molar-refractivity contribution in [3.8, 4) is 5.75 Å². The quantitative estimate of drug-likeness (QED) is 0.561. The molecule has 134 valence electrons. The molecule has 7 nitrogen and oxygen atoms in total. The number of alkyl halides is 3. The van der Waals surface area contributed by atoms with Gasteiger partial charge in [-0.2, -0.15) is 13.2 Å². The summed E-state index contributed by atoms with van der Waals surface area (Å²) in [6.07, 6.45) is -3.28. The summed E-state index contributed by atoms with van der Waals surface area (Å²) < 4.78 is 48.0. The average Bonchev–Trinajstić information content (AvgIpc) is 3.04. The highest BCUT2D eigenvalue weighted by atomic mass is 19.4. The Bertz CT molecular complexity index is 714. The van der Waals surface area contributed by atoms with Crippen molar-refractivity contribution in [1.82, 2.24) is 4.90 Å². The molecule has 2 aromatic rings. The van der Waals surface area contributed by atoms with E-state index < -0.39 is 30.2 Å². The number of non-ortho nitro benzene ring substituents is 1. The van der Waals surface area contributed by atoms with E-state index in [4.69, 9.17) is 9.15 Å². The van der Waals surface area contributed by atoms with Crippen LogP contribution in [0.5, 0.6) is 5.75 Å². The van der Waals surface area contributed by atoms with E-state index in [0.29, 0.717) is 4.90 Å². The first-order chi connectivity index (χ1) is 11.7. The Labute approximate surface area is 139 Å². The molecule has 0 N–H and O–H groups in total. The van der Waals surface area contributed by atoms with E-state index in [-0.39, 0.29) is 23.7 Å². The fourth-order valence-corrected chi connectivity index (χ4v) is 1.94. The number of carbonyl (C=O) groups is 1. The molecule has 25 heavy (non-hydrogen) atoms. The van der Waals surface area contributed by atoms with Gasteiger partial charge in [-0.25, -0.2) is 0 Å². The summed E-state index contributed by atoms with van der Waals surface area (Å²) in [7, 11) is 0. The van der Waals surface area contributed by atoms with Gasteiger partial charge in [0.15, 0.2) is 6.61 Å². The second-order valence-electron chi connectivity index (χ2n) is 4.98. The molecule has 2 rings (SSSR count). The molecule has 0 saturated heterocycles. The number of carbonyl (C=O) groups excluding carboxylic acids is 1. The van der Waals surface area contributed by atoms with Crippen LogP contribution in [0.2, 0.25) is 0 Å². The van der Waals surface area contributed by atoms with Crippen LogP contribution < -0.4 is 4.74 Å². The first-order valence-electron chi connectivity index (χ1n) is 6.99. The number of nitrogens with zero attached hydrogens (tertiary/aromatic N) is 2. The lowest BCUT2D eigenvalue weighted by Gasteiger charge is -2.23. The number of ether oxygens (including phenoxy) is 1. The molecule has 0 saturated carbocycles. The van der Waals surface area contributed by atoms with Crippen LogP contribution in [-0.2, 0) is 11.3 Å². The first kappa shape index (κ1) is 18.3. The van der Waals surface area contributed by atoms with Crippen molar-refractivity contribution in [2.45, 2.75) is 12.7 Å². The molecule has 1 aromatic heterocycles. The highest BCUT2D eigenvalue weighted by Crippen LogP contribution is 2.20. The number of halogens is 3. The Hall–Kier alpha value is -3.04. The van der Waals surface area contributed by atoms with Crippen LogP contribution in [-0.4, -0.2) is 35.1 Å². The molecular weight excluding hydrogens is 345 g/mol. The van der Waals surface area contributed by atoms with E-state index in [1.807, 2.05) is 0 Å². The molecule has 0 unspecified atom stereocenters. The zero-order valence-corrected chi connectivity index (χ0v) is 12.7. The van der Waals surface area contributed by atoms with Gasteiger partial charge in [0, 0.05) is 12.1 Å². The Morgan fingerprint density at radius 2 is 1.92 bits per heavy atom. The monoisotopic (exact) mass is 358 g/mol. The molecule has 1 heterocycles. The molecule has 0 radical (unpaired) electrons. The van der Waals surface area contributed by atoms with Gasteiger partial charge in [-0.3, -0.25) is 14.9 Å². The summed E-state index contributed by atoms with van der Waals surface area (Å²) in [6.45, 7) is -2.44. The highest BCUT2D eigenvalue weighted by molar-refractivity contribution is 5.77. The predicted octanol–water partition coefficient (Wildman–Crippen LogP) is 3.16. The third-order valence-corrected chi connectivity index (χ3v) is 3.06. The Kier molecular flexibility index (Phi) is 5.63. The minimum atomic E-state index is -4.57. The van der Waals surface area contributed by atoms with Crippen molar-refractivity contribution in [1.29, 1.82) is 0 Å². The van der Waals surface area contributed by atoms with E-state index >= 15 is 0 Å². The molecule has 0 aliphatic rings. The van der Waals surface area contributed by atoms with Gasteiger partial charge in [0.25, 0.3) is 11.6 Å². The van der Waals surface area contributed by atoms with E-state index in [1.165, 1.54) is 30.5 Å². The normalized spacial score (nSPS) is 11.2. The van der Waals surface area contributed by atoms with Crippen LogP contribution in [0.15, 0.2) is 47.1 Å². The number of rotatable bonds is 7. The molecule has 0 bridgehead atoms. The van der Waals surface area contributed by atoms with E-state index in [1.54, 1.807) is 0 Å². The standard InChI is InChI=1S/C15H13F3N2O5/c16-15(17,18)10-19(8-13-2-1-7-24-13)14(21)9-25-12-5-3-11(4-6-12)20(22)23/h1-7H,8-10H2. The molecule has 1 aromatic carbocycles. The third-order valence-electron chi connectivity index (χ3n) is 3.06. The van der Waals surface area contributed by atoms with Crippen molar-refractivity contribution in [2.24, 2.45) is 0 Å². The van der Waals surface area contributed by atoms with Gasteiger partial charge in [0.1, 0.15) is 18.1 Å². The predicted molar refractivity (Wildman–Crippen MR) is 78.8 cm³/mol. The molecule has 0 spiro atoms. The summed E-state index contributed by atoms with van der Waals surface area (Å²) in [4.78, 5) is 22.5. The number of hydrogen-bond acceptors (Lipinski definition) is 5. The smallest absolute Gasteiger partial charge is 0.406 e. The molecule has 0 atom stereocenters. The molecular formula is C15H13F3N2O5. The van der Waals surface area contributed by atoms with Crippen LogP contribution in [0.1, 0.15) is 5.76 Å². The maximum absolute atomic E-state index is 12.6. The number of nitro groups is 1. The molecule has 0 aliphatic heterocycles. The second kappa shape index (κ2) is 7.69. The maximum Gasteiger partial charge on any atom is 0.406 e. The minimum Gasteiger partial charge on any atom is -0.484 e. The van der Waals surface area contributed by atoms with Crippen LogP contribution in [0, 0.1) is 10.1 Å². The van der Waals surface area contributed by atoms with E-state index in [2.05, 4.69) is 0 Å². The SMILES string of the molecule is O=C(COc1ccc([N+](=O)[O-])cc1)N(Cc1ccco1)CC(F)(F)F. The lowest BCUT2D eigenvalue weighted by molar-refractivity contribution is -0.384. The Morgan fingerprint density at radius 3 is 2.44 bits per heavy atom. The van der Waals surface area contributed by atoms with Crippen LogP contribution in [0.4, 0.5) is 18.9 Å². The lowest BCUT2D eigenvalue weighted by Crippen LogP contribution is -2.40. The minimum absolute atomic E-state index is 0.129. The van der Waals surface area contributed by atoms with Crippen LogP contribution in [0.25, 0.3) is 0 Å². The van der Waals surface area contributed by atoms with Crippen molar-refractivity contribution in [3.63, 3.8) is 0 Å². The maximum atomic E-state index is 12.6. The van der Waals surface area contributed by atoms with E-state index in [0.717, 1.165) is 12.1 Å². The zero-order valence-electron chi connectivity index (χ0n) is 12.7. The lowest BCUT2D eigenvalue weighted by atomic mass is 10.3. The number of furan rings is 1. The molecule has 10 heteroatoms. The topological polar surface area (TPSA) is 85.8 Å². The van der Waals surface area contributed by atoms with Crippen molar-refractivity contribution in [2.75, 3.05) is 13.2 Å². The van der Waals surface area contributed by atoms with Crippen molar-refractivity contribution >= 4 is 11.6 Å². The Balaban J connectivity index is 1.99.